The number of carbonyl (C=O) groups is 3. The molecule has 0 aliphatic heterocycles. The number of carbonyl (C=O) groups excluding carboxylic acids is 3. The zero-order chi connectivity index (χ0) is 72.0. The quantitative estimate of drug-likeness (QED) is 0.0541. The minimum absolute atomic E-state index is 0.620. The lowest BCUT2D eigenvalue weighted by atomic mass is 10.1. The van der Waals surface area contributed by atoms with Crippen LogP contribution in [0.3, 0.4) is 0 Å². The van der Waals surface area contributed by atoms with Crippen molar-refractivity contribution in [2.45, 2.75) is 0 Å². The Kier molecular flexibility index (Phi) is 23.7. The standard InChI is InChI=1S/C35H33N3O3.C33H31N3O.C21H17NO3/c1-36-28(17-18-33(36)25-39)11-5-26-7-13-30(14-8-26)38(32-19-22-34(40-3)23-20-32)31-15-9-27(10-16-31)6-12-29-21-24-35(41-4)37(29)2;1-34-24-4-6-28(34)14-8-26-10-16-30(17-11-26)36(32-20-22-33(37-3)23-21-32)31-18-12-27(13-19-31)9-15-29-7-5-25-35(29)2;1-25-21-12-10-20(11-13-21)22(18-6-2-16(14-23)3-7-18)19-8-4-17(15-24)5-9-19/h5-25H,1-4H3;4-25H,1-3H3;2-15H,1H3/b11-5+,12-6+;14-8+,15-9+;. The van der Waals surface area contributed by atoms with Crippen molar-refractivity contribution in [1.29, 1.82) is 0 Å². The van der Waals surface area contributed by atoms with E-state index in [-0.39, 0.29) is 0 Å². The van der Waals surface area contributed by atoms with Crippen LogP contribution in [-0.2, 0) is 28.2 Å². The molecule has 0 fully saturated rings. The number of hydrogen-bond donors (Lipinski definition) is 0. The first-order valence-electron chi connectivity index (χ1n) is 33.4. The lowest BCUT2D eigenvalue weighted by Gasteiger charge is -2.26. The molecule has 0 radical (unpaired) electrons. The Balaban J connectivity index is 0.000000159. The number of aryl methyl sites for hydroxylation is 2. The van der Waals surface area contributed by atoms with Gasteiger partial charge < -0.3 is 51.9 Å². The van der Waals surface area contributed by atoms with Crippen molar-refractivity contribution in [1.82, 2.24) is 18.3 Å². The van der Waals surface area contributed by atoms with Crippen LogP contribution in [0, 0.1) is 0 Å². The van der Waals surface area contributed by atoms with Crippen molar-refractivity contribution in [3.05, 3.63) is 341 Å². The summed E-state index contributed by atoms with van der Waals surface area (Å²) in [6.45, 7) is 0. The summed E-state index contributed by atoms with van der Waals surface area (Å²) in [6.07, 6.45) is 23.4. The average molecular weight is 1360 g/mol. The predicted octanol–water partition coefficient (Wildman–Crippen LogP) is 21.0. The second-order valence-electron chi connectivity index (χ2n) is 24.0. The molecule has 4 heterocycles. The molecule has 4 aromatic heterocycles. The van der Waals surface area contributed by atoms with Crippen LogP contribution in [0.1, 0.15) is 76.2 Å². The summed E-state index contributed by atoms with van der Waals surface area (Å²) in [4.78, 5) is 39.5. The zero-order valence-electron chi connectivity index (χ0n) is 58.9. The summed E-state index contributed by atoms with van der Waals surface area (Å²) in [5.41, 5.74) is 19.9. The molecule has 14 heteroatoms. The van der Waals surface area contributed by atoms with E-state index >= 15 is 0 Å². The highest BCUT2D eigenvalue weighted by atomic mass is 16.5. The lowest BCUT2D eigenvalue weighted by molar-refractivity contribution is 0.111. The highest BCUT2D eigenvalue weighted by molar-refractivity contribution is 5.85. The summed E-state index contributed by atoms with van der Waals surface area (Å²) in [7, 11) is 14.7. The topological polar surface area (TPSA) is 118 Å². The van der Waals surface area contributed by atoms with Crippen LogP contribution in [0.5, 0.6) is 23.1 Å². The van der Waals surface area contributed by atoms with E-state index < -0.39 is 0 Å². The van der Waals surface area contributed by atoms with E-state index in [2.05, 4.69) is 234 Å². The summed E-state index contributed by atoms with van der Waals surface area (Å²) >= 11 is 0. The van der Waals surface area contributed by atoms with Gasteiger partial charge in [-0.15, -0.1) is 0 Å². The van der Waals surface area contributed by atoms with Crippen LogP contribution in [0.2, 0.25) is 0 Å². The molecule has 14 nitrogen and oxygen atoms in total. The van der Waals surface area contributed by atoms with Crippen LogP contribution in [0.4, 0.5) is 51.2 Å². The number of aromatic nitrogens is 4. The maximum atomic E-state index is 11.2. The second kappa shape index (κ2) is 34.4. The van der Waals surface area contributed by atoms with Gasteiger partial charge in [0.25, 0.3) is 0 Å². The molecule has 13 rings (SSSR count). The Morgan fingerprint density at radius 3 is 0.728 bits per heavy atom. The second-order valence-corrected chi connectivity index (χ2v) is 24.0. The molecule has 0 saturated carbocycles. The van der Waals surface area contributed by atoms with Crippen LogP contribution in [-0.4, -0.2) is 65.6 Å². The first-order chi connectivity index (χ1) is 50.3. The summed E-state index contributed by atoms with van der Waals surface area (Å²) < 4.78 is 29.5. The van der Waals surface area contributed by atoms with Crippen molar-refractivity contribution in [2.75, 3.05) is 43.1 Å². The minimum atomic E-state index is 0.620. The molecule has 514 valence electrons. The van der Waals surface area contributed by atoms with Gasteiger partial charge in [-0.05, 0) is 259 Å². The van der Waals surface area contributed by atoms with Crippen LogP contribution in [0.15, 0.2) is 279 Å². The molecule has 0 bridgehead atoms. The number of ether oxygens (including phenoxy) is 4. The Labute approximate surface area is 602 Å². The number of nitrogens with zero attached hydrogens (tertiary/aromatic N) is 7. The van der Waals surface area contributed by atoms with E-state index in [0.717, 1.165) is 127 Å². The smallest absolute Gasteiger partial charge is 0.193 e. The molecule has 0 aliphatic carbocycles. The van der Waals surface area contributed by atoms with Crippen molar-refractivity contribution in [3.8, 4) is 23.1 Å². The SMILES string of the molecule is COc1ccc(N(c2ccc(/C=C/c3ccc(C=O)n3C)cc2)c2ccc(/C=C/c3ccc(OC)n3C)cc2)cc1.COc1ccc(N(c2ccc(/C=C/c3cccn3C)cc2)c2ccc(/C=C/c3cccn3C)cc2)cc1.COc1ccc(N(c2ccc(C=O)cc2)c2ccc(C=O)cc2)cc1. The molecular weight excluding hydrogens is 1280 g/mol. The maximum absolute atomic E-state index is 11.2. The van der Waals surface area contributed by atoms with Gasteiger partial charge in [0.05, 0.1) is 34.1 Å². The van der Waals surface area contributed by atoms with Crippen LogP contribution in [0.25, 0.3) is 48.6 Å². The van der Waals surface area contributed by atoms with Gasteiger partial charge in [0.1, 0.15) is 29.8 Å². The molecule has 0 spiro atoms. The summed E-state index contributed by atoms with van der Waals surface area (Å²) in [6, 6.07) is 88.9. The zero-order valence-corrected chi connectivity index (χ0v) is 58.9. The van der Waals surface area contributed by atoms with E-state index in [1.165, 1.54) is 11.4 Å². The molecule has 9 aromatic carbocycles. The van der Waals surface area contributed by atoms with Gasteiger partial charge in [0.15, 0.2) is 12.2 Å². The molecule has 0 saturated heterocycles. The van der Waals surface area contributed by atoms with Crippen LogP contribution >= 0.6 is 0 Å². The average Bonchev–Trinajstić information content (AvgIpc) is 1.71. The highest BCUT2D eigenvalue weighted by Gasteiger charge is 2.17. The highest BCUT2D eigenvalue weighted by Crippen LogP contribution is 2.39. The number of anilines is 9. The molecule has 0 aliphatic rings. The summed E-state index contributed by atoms with van der Waals surface area (Å²) in [5, 5.41) is 0. The van der Waals surface area contributed by atoms with E-state index in [1.54, 1.807) is 52.7 Å². The third-order valence-electron chi connectivity index (χ3n) is 17.6. The first-order valence-corrected chi connectivity index (χ1v) is 33.4. The minimum Gasteiger partial charge on any atom is -0.497 e. The summed E-state index contributed by atoms with van der Waals surface area (Å²) in [5.74, 6) is 3.25. The first kappa shape index (κ1) is 71.0. The van der Waals surface area contributed by atoms with E-state index in [0.29, 0.717) is 16.8 Å². The maximum Gasteiger partial charge on any atom is 0.193 e. The number of methoxy groups -OCH3 is 4. The molecule has 0 amide bonds. The van der Waals surface area contributed by atoms with Gasteiger partial charge in [0, 0.05) is 132 Å². The van der Waals surface area contributed by atoms with E-state index in [9.17, 15) is 14.4 Å². The third-order valence-corrected chi connectivity index (χ3v) is 17.6. The van der Waals surface area contributed by atoms with E-state index in [4.69, 9.17) is 18.9 Å². The fraction of sp³-hybridized carbons (Fsp3) is 0.0899. The molecule has 0 atom stereocenters. The third kappa shape index (κ3) is 17.9. The number of benzene rings is 9. The van der Waals surface area contributed by atoms with E-state index in [1.807, 2.05) is 131 Å². The molecular formula is C89H81N7O7. The number of hydrogen-bond acceptors (Lipinski definition) is 10. The number of rotatable bonds is 24. The van der Waals surface area contributed by atoms with Gasteiger partial charge in [-0.2, -0.15) is 0 Å². The Morgan fingerprint density at radius 2 is 0.495 bits per heavy atom. The molecule has 13 aromatic rings. The van der Waals surface area contributed by atoms with Crippen molar-refractivity contribution < 1.29 is 33.3 Å². The fourth-order valence-electron chi connectivity index (χ4n) is 11.6. The van der Waals surface area contributed by atoms with Gasteiger partial charge in [-0.25, -0.2) is 0 Å². The lowest BCUT2D eigenvalue weighted by Crippen LogP contribution is -2.10. The molecule has 0 unspecified atom stereocenters. The van der Waals surface area contributed by atoms with Gasteiger partial charge in [-0.1, -0.05) is 72.8 Å². The van der Waals surface area contributed by atoms with Crippen LogP contribution < -0.4 is 33.6 Å². The fourth-order valence-corrected chi connectivity index (χ4v) is 11.6. The Hall–Kier alpha value is -13.3. The largest absolute Gasteiger partial charge is 0.497 e. The van der Waals surface area contributed by atoms with Gasteiger partial charge >= 0.3 is 0 Å². The van der Waals surface area contributed by atoms with Crippen molar-refractivity contribution >= 4 is 119 Å². The molecule has 103 heavy (non-hydrogen) atoms. The van der Waals surface area contributed by atoms with Crippen molar-refractivity contribution in [2.24, 2.45) is 28.2 Å². The number of aldehydes is 3. The van der Waals surface area contributed by atoms with Crippen molar-refractivity contribution in [3.63, 3.8) is 0 Å². The Bertz CT molecular complexity index is 4880. The predicted molar refractivity (Wildman–Crippen MR) is 423 cm³/mol. The normalized spacial score (nSPS) is 11.1. The van der Waals surface area contributed by atoms with Gasteiger partial charge in [-0.3, -0.25) is 14.4 Å². The Morgan fingerprint density at radius 1 is 0.243 bits per heavy atom. The molecule has 0 N–H and O–H groups in total. The van der Waals surface area contributed by atoms with Gasteiger partial charge in [0.2, 0.25) is 0 Å². The monoisotopic (exact) mass is 1360 g/mol.